The zero-order chi connectivity index (χ0) is 12.7. The minimum atomic E-state index is -0.761. The number of H-pyrrole nitrogens is 2. The van der Waals surface area contributed by atoms with Crippen molar-refractivity contribution in [1.29, 1.82) is 0 Å². The summed E-state index contributed by atoms with van der Waals surface area (Å²) < 4.78 is 5.42. The fraction of sp³-hybridized carbons (Fsp3) is 0.500. The van der Waals surface area contributed by atoms with E-state index in [9.17, 15) is 9.90 Å². The van der Waals surface area contributed by atoms with Crippen LogP contribution in [0.3, 0.4) is 0 Å². The van der Waals surface area contributed by atoms with E-state index in [1.807, 2.05) is 0 Å². The van der Waals surface area contributed by atoms with Gasteiger partial charge in [-0.25, -0.2) is 4.98 Å². The third kappa shape index (κ3) is 1.70. The lowest BCUT2D eigenvalue weighted by molar-refractivity contribution is -0.0246. The Morgan fingerprint density at radius 1 is 1.56 bits per heavy atom. The monoisotopic (exact) mass is 252 g/mol. The summed E-state index contributed by atoms with van der Waals surface area (Å²) in [6.07, 6.45) is -0.252. The lowest BCUT2D eigenvalue weighted by atomic mass is 10.1. The van der Waals surface area contributed by atoms with Gasteiger partial charge in [-0.05, 0) is 0 Å². The molecule has 0 unspecified atom stereocenters. The van der Waals surface area contributed by atoms with Crippen LogP contribution in [-0.2, 0) is 4.74 Å². The highest BCUT2D eigenvalue weighted by Gasteiger charge is 2.35. The van der Waals surface area contributed by atoms with Crippen LogP contribution in [0.5, 0.6) is 0 Å². The first-order valence-corrected chi connectivity index (χ1v) is 5.56. The first-order chi connectivity index (χ1) is 8.69. The predicted octanol–water partition coefficient (Wildman–Crippen LogP) is -1.17. The van der Waals surface area contributed by atoms with Gasteiger partial charge < -0.3 is 19.9 Å². The zero-order valence-electron chi connectivity index (χ0n) is 9.33. The molecule has 1 saturated heterocycles. The van der Waals surface area contributed by atoms with Crippen molar-refractivity contribution >= 4 is 11.0 Å². The van der Waals surface area contributed by atoms with Crippen molar-refractivity contribution in [3.63, 3.8) is 0 Å². The van der Waals surface area contributed by atoms with Gasteiger partial charge in [0.25, 0.3) is 5.56 Å². The first kappa shape index (κ1) is 11.3. The number of aromatic amines is 2. The van der Waals surface area contributed by atoms with E-state index in [2.05, 4.69) is 20.2 Å². The number of fused-ring (bicyclic) bond motifs is 1. The molecule has 8 nitrogen and oxygen atoms in total. The Labute approximate surface area is 101 Å². The van der Waals surface area contributed by atoms with E-state index >= 15 is 0 Å². The van der Waals surface area contributed by atoms with Crippen LogP contribution in [0.4, 0.5) is 0 Å². The van der Waals surface area contributed by atoms with E-state index in [1.54, 1.807) is 0 Å². The summed E-state index contributed by atoms with van der Waals surface area (Å²) in [5.74, 6) is 0.326. The zero-order valence-corrected chi connectivity index (χ0v) is 9.33. The molecule has 0 radical (unpaired) electrons. The maximum absolute atomic E-state index is 11.7. The van der Waals surface area contributed by atoms with Crippen molar-refractivity contribution in [3.05, 3.63) is 22.4 Å². The van der Waals surface area contributed by atoms with Crippen LogP contribution < -0.4 is 5.56 Å². The molecule has 1 aliphatic heterocycles. The smallest absolute Gasteiger partial charge is 0.262 e. The molecule has 3 rings (SSSR count). The van der Waals surface area contributed by atoms with Crippen molar-refractivity contribution in [2.45, 2.75) is 24.7 Å². The molecule has 3 heterocycles. The van der Waals surface area contributed by atoms with Gasteiger partial charge in [0, 0.05) is 6.42 Å². The van der Waals surface area contributed by atoms with E-state index in [-0.39, 0.29) is 18.6 Å². The first-order valence-electron chi connectivity index (χ1n) is 5.56. The number of ether oxygens (including phenoxy) is 1. The minimum absolute atomic E-state index is 0.270. The molecular weight excluding hydrogens is 240 g/mol. The maximum atomic E-state index is 11.7. The third-order valence-corrected chi connectivity index (χ3v) is 3.05. The molecule has 0 amide bonds. The lowest BCUT2D eigenvalue weighted by Crippen LogP contribution is -2.24. The van der Waals surface area contributed by atoms with Gasteiger partial charge in [-0.15, -0.1) is 0 Å². The lowest BCUT2D eigenvalue weighted by Gasteiger charge is -2.11. The average Bonchev–Trinajstić information content (AvgIpc) is 2.95. The van der Waals surface area contributed by atoms with Crippen LogP contribution in [0, 0.1) is 0 Å². The number of hydrogen-bond donors (Lipinski definition) is 4. The number of hydrogen-bond acceptors (Lipinski definition) is 6. The maximum Gasteiger partial charge on any atom is 0.262 e. The largest absolute Gasteiger partial charge is 0.394 e. The second-order valence-corrected chi connectivity index (χ2v) is 4.23. The third-order valence-electron chi connectivity index (χ3n) is 3.05. The molecule has 1 fully saturated rings. The number of rotatable bonds is 2. The van der Waals surface area contributed by atoms with Crippen LogP contribution in [0.15, 0.2) is 11.0 Å². The standard InChI is InChI=1S/C10H12N4O4/c15-3-7-5(16)1-6(18-7)9-12-8-4(2-11-14-8)10(17)13-9/h2,5-7,15-16H,1,3H2,(H2,11,12,13,14,17)/t5-,6+,7+/m0/s1. The summed E-state index contributed by atoms with van der Waals surface area (Å²) >= 11 is 0. The molecular formula is C10H12N4O4. The Morgan fingerprint density at radius 2 is 2.39 bits per heavy atom. The SMILES string of the molecule is O=c1[nH]c([C@H]2C[C@H](O)[C@@H](CO)O2)nc2[nH]ncc12. The molecule has 2 aromatic heterocycles. The topological polar surface area (TPSA) is 124 Å². The van der Waals surface area contributed by atoms with E-state index in [0.29, 0.717) is 16.9 Å². The van der Waals surface area contributed by atoms with Crippen molar-refractivity contribution in [3.8, 4) is 0 Å². The van der Waals surface area contributed by atoms with Crippen LogP contribution >= 0.6 is 0 Å². The van der Waals surface area contributed by atoms with Crippen LogP contribution in [0.25, 0.3) is 11.0 Å². The highest BCUT2D eigenvalue weighted by molar-refractivity contribution is 5.72. The van der Waals surface area contributed by atoms with Gasteiger partial charge in [-0.1, -0.05) is 0 Å². The predicted molar refractivity (Wildman–Crippen MR) is 59.8 cm³/mol. The van der Waals surface area contributed by atoms with Crippen molar-refractivity contribution in [2.24, 2.45) is 0 Å². The second kappa shape index (κ2) is 4.16. The molecule has 96 valence electrons. The van der Waals surface area contributed by atoms with Gasteiger partial charge in [0.15, 0.2) is 5.65 Å². The van der Waals surface area contributed by atoms with Gasteiger partial charge in [0.05, 0.1) is 18.9 Å². The molecule has 0 aromatic carbocycles. The van der Waals surface area contributed by atoms with E-state index in [1.165, 1.54) is 6.20 Å². The summed E-state index contributed by atoms with van der Waals surface area (Å²) in [6, 6.07) is 0. The Hall–Kier alpha value is -1.77. The summed E-state index contributed by atoms with van der Waals surface area (Å²) in [5.41, 5.74) is 0.0635. The summed E-state index contributed by atoms with van der Waals surface area (Å²) in [6.45, 7) is -0.270. The average molecular weight is 252 g/mol. The molecule has 0 saturated carbocycles. The number of nitrogens with zero attached hydrogens (tertiary/aromatic N) is 2. The van der Waals surface area contributed by atoms with E-state index < -0.39 is 18.3 Å². The molecule has 4 N–H and O–H groups in total. The van der Waals surface area contributed by atoms with Gasteiger partial charge in [0.1, 0.15) is 23.4 Å². The van der Waals surface area contributed by atoms with Crippen molar-refractivity contribution < 1.29 is 14.9 Å². The summed E-state index contributed by atoms with van der Waals surface area (Å²) in [4.78, 5) is 18.5. The molecule has 0 spiro atoms. The molecule has 3 atom stereocenters. The van der Waals surface area contributed by atoms with Crippen molar-refractivity contribution in [1.82, 2.24) is 20.2 Å². The van der Waals surface area contributed by atoms with Crippen molar-refractivity contribution in [2.75, 3.05) is 6.61 Å². The van der Waals surface area contributed by atoms with Gasteiger partial charge in [-0.2, -0.15) is 5.10 Å². The van der Waals surface area contributed by atoms with Crippen LogP contribution in [0.1, 0.15) is 18.3 Å². The van der Waals surface area contributed by atoms with E-state index in [4.69, 9.17) is 9.84 Å². The molecule has 0 aliphatic carbocycles. The van der Waals surface area contributed by atoms with Crippen LogP contribution in [0.2, 0.25) is 0 Å². The van der Waals surface area contributed by atoms with Gasteiger partial charge >= 0.3 is 0 Å². The molecule has 8 heteroatoms. The summed E-state index contributed by atoms with van der Waals surface area (Å²) in [7, 11) is 0. The quantitative estimate of drug-likeness (QED) is 0.534. The highest BCUT2D eigenvalue weighted by atomic mass is 16.5. The number of aromatic nitrogens is 4. The minimum Gasteiger partial charge on any atom is -0.394 e. The highest BCUT2D eigenvalue weighted by Crippen LogP contribution is 2.30. The number of aliphatic hydroxyl groups excluding tert-OH is 2. The number of aliphatic hydroxyl groups is 2. The summed E-state index contributed by atoms with van der Waals surface area (Å²) in [5, 5.41) is 25.4. The Kier molecular flexibility index (Phi) is 2.62. The molecule has 2 aromatic rings. The molecule has 18 heavy (non-hydrogen) atoms. The molecule has 1 aliphatic rings. The Balaban J connectivity index is 1.98. The Morgan fingerprint density at radius 3 is 3.11 bits per heavy atom. The second-order valence-electron chi connectivity index (χ2n) is 4.23. The molecule has 0 bridgehead atoms. The normalized spacial score (nSPS) is 28.0. The van der Waals surface area contributed by atoms with Crippen LogP contribution in [-0.4, -0.2) is 49.2 Å². The fourth-order valence-corrected chi connectivity index (χ4v) is 2.08. The van der Waals surface area contributed by atoms with Gasteiger partial charge in [0.2, 0.25) is 0 Å². The van der Waals surface area contributed by atoms with E-state index in [0.717, 1.165) is 0 Å². The van der Waals surface area contributed by atoms with Gasteiger partial charge in [-0.3, -0.25) is 9.89 Å². The number of nitrogens with one attached hydrogen (secondary N) is 2. The fourth-order valence-electron chi connectivity index (χ4n) is 2.08. The Bertz CT molecular complexity index is 622.